The van der Waals surface area contributed by atoms with Crippen LogP contribution in [0.2, 0.25) is 0 Å². The van der Waals surface area contributed by atoms with Crippen LogP contribution in [0.5, 0.6) is 0 Å². The summed E-state index contributed by atoms with van der Waals surface area (Å²) in [5.74, 6) is 0.492. The number of aliphatic imine (C=N–C) groups is 1. The van der Waals surface area contributed by atoms with Crippen LogP contribution in [0.25, 0.3) is 0 Å². The maximum Gasteiger partial charge on any atom is 0.424 e. The molecule has 0 bridgehead atoms. The molecule has 2 atom stereocenters. The first-order valence-corrected chi connectivity index (χ1v) is 9.98. The molecule has 0 aromatic carbocycles. The Morgan fingerprint density at radius 2 is 1.97 bits per heavy atom. The standard InChI is InChI=1S/C19H34F3N5O.HI/c1-5-8-9-15(6-2)14-26-17(23-7-3)25-11-10-18(28,19(20,21)22)16-24-12-13-27(16)4;/h12-13,15,28H,5-11,14H2,1-4H3,(H2,23,25,26);1H. The van der Waals surface area contributed by atoms with Crippen LogP contribution >= 0.6 is 24.0 Å². The summed E-state index contributed by atoms with van der Waals surface area (Å²) in [5.41, 5.74) is -3.03. The van der Waals surface area contributed by atoms with Crippen LogP contribution in [0.1, 0.15) is 58.7 Å². The molecule has 0 radical (unpaired) electrons. The van der Waals surface area contributed by atoms with Crippen LogP contribution in [0.3, 0.4) is 0 Å². The Morgan fingerprint density at radius 1 is 1.28 bits per heavy atom. The lowest BCUT2D eigenvalue weighted by atomic mass is 9.97. The van der Waals surface area contributed by atoms with Crippen LogP contribution in [0.15, 0.2) is 17.4 Å². The van der Waals surface area contributed by atoms with Crippen molar-refractivity contribution in [3.63, 3.8) is 0 Å². The van der Waals surface area contributed by atoms with E-state index in [9.17, 15) is 18.3 Å². The monoisotopic (exact) mass is 533 g/mol. The number of guanidine groups is 1. The molecule has 1 aromatic heterocycles. The molecule has 0 fully saturated rings. The highest BCUT2D eigenvalue weighted by Gasteiger charge is 2.57. The molecule has 0 spiro atoms. The van der Waals surface area contributed by atoms with Crippen LogP contribution in [0, 0.1) is 5.92 Å². The first-order valence-electron chi connectivity index (χ1n) is 9.98. The maximum absolute atomic E-state index is 13.6. The van der Waals surface area contributed by atoms with Crippen molar-refractivity contribution in [2.24, 2.45) is 18.0 Å². The number of imidazole rings is 1. The lowest BCUT2D eigenvalue weighted by Crippen LogP contribution is -2.48. The SMILES string of the molecule is CCCCC(CC)CN=C(NCC)NCCC(O)(c1nccn1C)C(F)(F)F.I. The number of unbranched alkanes of at least 4 members (excludes halogenated alkanes) is 1. The molecule has 170 valence electrons. The number of nitrogens with one attached hydrogen (secondary N) is 2. The Labute approximate surface area is 188 Å². The predicted molar refractivity (Wildman–Crippen MR) is 120 cm³/mol. The molecule has 1 aromatic rings. The van der Waals surface area contributed by atoms with Crippen molar-refractivity contribution in [2.45, 2.75) is 64.7 Å². The zero-order chi connectivity index (χ0) is 21.2. The van der Waals surface area contributed by atoms with Gasteiger partial charge in [-0.1, -0.05) is 33.1 Å². The Morgan fingerprint density at radius 3 is 2.45 bits per heavy atom. The summed E-state index contributed by atoms with van der Waals surface area (Å²) < 4.78 is 41.9. The molecule has 6 nitrogen and oxygen atoms in total. The second-order valence-corrected chi connectivity index (χ2v) is 7.03. The van der Waals surface area contributed by atoms with Crippen molar-refractivity contribution in [3.8, 4) is 0 Å². The van der Waals surface area contributed by atoms with Gasteiger partial charge in [0.1, 0.15) is 5.82 Å². The van der Waals surface area contributed by atoms with E-state index in [-0.39, 0.29) is 30.5 Å². The van der Waals surface area contributed by atoms with E-state index in [1.807, 2.05) is 6.92 Å². The summed E-state index contributed by atoms with van der Waals surface area (Å²) in [7, 11) is 1.43. The number of halogens is 4. The molecule has 2 unspecified atom stereocenters. The van der Waals surface area contributed by atoms with Crippen molar-refractivity contribution < 1.29 is 18.3 Å². The Kier molecular flexibility index (Phi) is 12.8. The smallest absolute Gasteiger partial charge is 0.374 e. The average Bonchev–Trinajstić information content (AvgIpc) is 3.07. The molecule has 0 aliphatic carbocycles. The lowest BCUT2D eigenvalue weighted by molar-refractivity contribution is -0.272. The minimum atomic E-state index is -4.84. The number of alkyl halides is 3. The first-order chi connectivity index (χ1) is 13.2. The minimum absolute atomic E-state index is 0. The van der Waals surface area contributed by atoms with Gasteiger partial charge < -0.3 is 20.3 Å². The predicted octanol–water partition coefficient (Wildman–Crippen LogP) is 3.95. The van der Waals surface area contributed by atoms with E-state index >= 15 is 0 Å². The molecular weight excluding hydrogens is 498 g/mol. The molecule has 0 aliphatic heterocycles. The van der Waals surface area contributed by atoms with E-state index in [1.54, 1.807) is 0 Å². The molecule has 3 N–H and O–H groups in total. The molecule has 1 rings (SSSR count). The van der Waals surface area contributed by atoms with Gasteiger partial charge in [-0.15, -0.1) is 24.0 Å². The van der Waals surface area contributed by atoms with Gasteiger partial charge in [0, 0.05) is 45.5 Å². The van der Waals surface area contributed by atoms with E-state index < -0.39 is 24.0 Å². The Bertz CT molecular complexity index is 609. The second kappa shape index (κ2) is 13.3. The zero-order valence-corrected chi connectivity index (χ0v) is 20.1. The van der Waals surface area contributed by atoms with Gasteiger partial charge in [0.05, 0.1) is 0 Å². The van der Waals surface area contributed by atoms with Crippen molar-refractivity contribution in [3.05, 3.63) is 18.2 Å². The van der Waals surface area contributed by atoms with E-state index in [0.29, 0.717) is 25.0 Å². The summed E-state index contributed by atoms with van der Waals surface area (Å²) in [6, 6.07) is 0. The number of hydrogen-bond donors (Lipinski definition) is 3. The van der Waals surface area contributed by atoms with Crippen molar-refractivity contribution in [1.29, 1.82) is 0 Å². The summed E-state index contributed by atoms with van der Waals surface area (Å²) in [6.45, 7) is 7.28. The highest BCUT2D eigenvalue weighted by atomic mass is 127. The van der Waals surface area contributed by atoms with E-state index in [4.69, 9.17) is 0 Å². The normalized spacial score (nSPS) is 15.4. The summed E-state index contributed by atoms with van der Waals surface area (Å²) >= 11 is 0. The molecule has 0 saturated heterocycles. The molecule has 29 heavy (non-hydrogen) atoms. The second-order valence-electron chi connectivity index (χ2n) is 7.03. The number of aliphatic hydroxyl groups is 1. The minimum Gasteiger partial charge on any atom is -0.374 e. The van der Waals surface area contributed by atoms with Crippen molar-refractivity contribution in [1.82, 2.24) is 20.2 Å². The third kappa shape index (κ3) is 8.31. The first kappa shape index (κ1) is 28.0. The van der Waals surface area contributed by atoms with E-state index in [1.165, 1.54) is 24.0 Å². The fourth-order valence-electron chi connectivity index (χ4n) is 2.99. The number of aryl methyl sites for hydroxylation is 1. The Hall–Kier alpha value is -1.04. The topological polar surface area (TPSA) is 74.5 Å². The van der Waals surface area contributed by atoms with Gasteiger partial charge >= 0.3 is 6.18 Å². The van der Waals surface area contributed by atoms with Crippen LogP contribution in [-0.2, 0) is 12.6 Å². The van der Waals surface area contributed by atoms with Crippen LogP contribution < -0.4 is 10.6 Å². The number of aromatic nitrogens is 2. The van der Waals surface area contributed by atoms with Crippen molar-refractivity contribution >= 4 is 29.9 Å². The quantitative estimate of drug-likeness (QED) is 0.229. The van der Waals surface area contributed by atoms with E-state index in [0.717, 1.165) is 25.7 Å². The zero-order valence-electron chi connectivity index (χ0n) is 17.7. The maximum atomic E-state index is 13.6. The van der Waals surface area contributed by atoms with Gasteiger partial charge in [-0.25, -0.2) is 4.98 Å². The molecule has 1 heterocycles. The summed E-state index contributed by atoms with van der Waals surface area (Å²) in [4.78, 5) is 8.22. The van der Waals surface area contributed by atoms with Crippen LogP contribution in [-0.4, -0.2) is 46.4 Å². The lowest BCUT2D eigenvalue weighted by Gasteiger charge is -2.30. The third-order valence-electron chi connectivity index (χ3n) is 4.83. The van der Waals surface area contributed by atoms with E-state index in [2.05, 4.69) is 34.5 Å². The molecule has 10 heteroatoms. The number of nitrogens with zero attached hydrogens (tertiary/aromatic N) is 3. The molecule has 0 aliphatic rings. The molecular formula is C19H35F3IN5O. The highest BCUT2D eigenvalue weighted by Crippen LogP contribution is 2.40. The van der Waals surface area contributed by atoms with Gasteiger partial charge in [0.2, 0.25) is 5.60 Å². The number of rotatable bonds is 11. The molecule has 0 amide bonds. The van der Waals surface area contributed by atoms with Crippen molar-refractivity contribution in [2.75, 3.05) is 19.6 Å². The highest BCUT2D eigenvalue weighted by molar-refractivity contribution is 14.0. The largest absolute Gasteiger partial charge is 0.424 e. The van der Waals surface area contributed by atoms with Crippen LogP contribution in [0.4, 0.5) is 13.2 Å². The van der Waals surface area contributed by atoms with Gasteiger partial charge in [-0.3, -0.25) is 4.99 Å². The third-order valence-corrected chi connectivity index (χ3v) is 4.83. The van der Waals surface area contributed by atoms with Gasteiger partial charge in [0.25, 0.3) is 0 Å². The van der Waals surface area contributed by atoms with Gasteiger partial charge in [-0.2, -0.15) is 13.2 Å². The molecule has 0 saturated carbocycles. The Balaban J connectivity index is 0.00000784. The summed E-state index contributed by atoms with van der Waals surface area (Å²) in [6.07, 6.45) is 1.58. The average molecular weight is 533 g/mol. The fraction of sp³-hybridized carbons (Fsp3) is 0.789. The fourth-order valence-corrected chi connectivity index (χ4v) is 2.99. The van der Waals surface area contributed by atoms with Gasteiger partial charge in [-0.05, 0) is 19.3 Å². The number of hydrogen-bond acceptors (Lipinski definition) is 3. The van der Waals surface area contributed by atoms with Gasteiger partial charge in [0.15, 0.2) is 5.96 Å². The summed E-state index contributed by atoms with van der Waals surface area (Å²) in [5, 5.41) is 16.3.